The molecule has 1 N–H and O–H groups in total. The van der Waals surface area contributed by atoms with Crippen molar-refractivity contribution in [1.82, 2.24) is 9.62 Å². The second kappa shape index (κ2) is 9.59. The molecule has 0 aromatic heterocycles. The number of nitrogens with zero attached hydrogens (tertiary/aromatic N) is 1. The van der Waals surface area contributed by atoms with Crippen molar-refractivity contribution in [2.45, 2.75) is 24.3 Å². The first kappa shape index (κ1) is 21.2. The number of nitrogens with one attached hydrogen (secondary N) is 1. The summed E-state index contributed by atoms with van der Waals surface area (Å²) in [7, 11) is 2.37. The molecule has 142 valence electrons. The number of methoxy groups -OCH3 is 3. The second-order valence-corrected chi connectivity index (χ2v) is 7.24. The third kappa shape index (κ3) is 5.87. The Morgan fingerprint density at radius 1 is 1.20 bits per heavy atom. The van der Waals surface area contributed by atoms with Crippen molar-refractivity contribution in [2.75, 3.05) is 41.5 Å². The zero-order valence-corrected chi connectivity index (χ0v) is 16.1. The van der Waals surface area contributed by atoms with Gasteiger partial charge in [-0.25, -0.2) is 13.1 Å². The van der Waals surface area contributed by atoms with E-state index >= 15 is 0 Å². The standard InChI is InChI=1S/C16H26N2O6S/c1-12(11-22-3)18(2)16(19)8-9-17-25(20,21)13-6-7-14(23-4)15(10-13)24-5/h6-7,10,12,17H,8-9,11H2,1-5H3. The van der Waals surface area contributed by atoms with Crippen molar-refractivity contribution < 1.29 is 27.4 Å². The van der Waals surface area contributed by atoms with Crippen molar-refractivity contribution in [3.05, 3.63) is 18.2 Å². The maximum absolute atomic E-state index is 12.3. The molecule has 0 aliphatic heterocycles. The normalized spacial score (nSPS) is 12.5. The van der Waals surface area contributed by atoms with Crippen LogP contribution in [0.25, 0.3) is 0 Å². The Labute approximate surface area is 149 Å². The Bertz CT molecular complexity index is 677. The smallest absolute Gasteiger partial charge is 0.240 e. The first-order valence-electron chi connectivity index (χ1n) is 7.73. The lowest BCUT2D eigenvalue weighted by molar-refractivity contribution is -0.132. The molecule has 0 fully saturated rings. The third-order valence-corrected chi connectivity index (χ3v) is 5.22. The van der Waals surface area contributed by atoms with Crippen molar-refractivity contribution in [1.29, 1.82) is 0 Å². The number of sulfonamides is 1. The van der Waals surface area contributed by atoms with Gasteiger partial charge in [0.05, 0.1) is 31.8 Å². The fourth-order valence-electron chi connectivity index (χ4n) is 2.13. The van der Waals surface area contributed by atoms with E-state index in [1.807, 2.05) is 6.92 Å². The topological polar surface area (TPSA) is 94.2 Å². The molecule has 0 spiro atoms. The predicted octanol–water partition coefficient (Wildman–Crippen LogP) is 0.866. The molecule has 1 aromatic carbocycles. The van der Waals surface area contributed by atoms with E-state index < -0.39 is 10.0 Å². The van der Waals surface area contributed by atoms with Crippen molar-refractivity contribution >= 4 is 15.9 Å². The summed E-state index contributed by atoms with van der Waals surface area (Å²) in [5.41, 5.74) is 0. The number of amides is 1. The molecular formula is C16H26N2O6S. The molecule has 1 unspecified atom stereocenters. The van der Waals surface area contributed by atoms with Crippen LogP contribution in [0.4, 0.5) is 0 Å². The van der Waals surface area contributed by atoms with Gasteiger partial charge in [0.1, 0.15) is 0 Å². The number of carbonyl (C=O) groups excluding carboxylic acids is 1. The lowest BCUT2D eigenvalue weighted by Crippen LogP contribution is -2.39. The molecular weight excluding hydrogens is 348 g/mol. The van der Waals surface area contributed by atoms with Gasteiger partial charge in [-0.05, 0) is 19.1 Å². The van der Waals surface area contributed by atoms with Crippen LogP contribution in [0, 0.1) is 0 Å². The minimum absolute atomic E-state index is 0.000443. The Hall–Kier alpha value is -1.84. The van der Waals surface area contributed by atoms with Gasteiger partial charge in [0.25, 0.3) is 0 Å². The molecule has 0 saturated carbocycles. The lowest BCUT2D eigenvalue weighted by Gasteiger charge is -2.24. The first-order valence-corrected chi connectivity index (χ1v) is 9.21. The van der Waals surface area contributed by atoms with Crippen LogP contribution in [0.15, 0.2) is 23.1 Å². The minimum Gasteiger partial charge on any atom is -0.493 e. The minimum atomic E-state index is -3.75. The van der Waals surface area contributed by atoms with Crippen LogP contribution >= 0.6 is 0 Å². The van der Waals surface area contributed by atoms with Gasteiger partial charge in [0.2, 0.25) is 15.9 Å². The van der Waals surface area contributed by atoms with Crippen LogP contribution in [-0.2, 0) is 19.6 Å². The number of likely N-dealkylation sites (N-methyl/N-ethyl adjacent to an activating group) is 1. The molecule has 1 rings (SSSR count). The Morgan fingerprint density at radius 2 is 1.84 bits per heavy atom. The van der Waals surface area contributed by atoms with Gasteiger partial charge in [-0.15, -0.1) is 0 Å². The molecule has 8 nitrogen and oxygen atoms in total. The maximum atomic E-state index is 12.3. The first-order chi connectivity index (χ1) is 11.8. The van der Waals surface area contributed by atoms with E-state index in [1.54, 1.807) is 14.2 Å². The molecule has 1 aromatic rings. The second-order valence-electron chi connectivity index (χ2n) is 5.47. The maximum Gasteiger partial charge on any atom is 0.240 e. The average molecular weight is 374 g/mol. The molecule has 9 heteroatoms. The van der Waals surface area contributed by atoms with Crippen LogP contribution in [0.5, 0.6) is 11.5 Å². The summed E-state index contributed by atoms with van der Waals surface area (Å²) in [6.07, 6.45) is 0.0527. The summed E-state index contributed by atoms with van der Waals surface area (Å²) < 4.78 is 42.3. The summed E-state index contributed by atoms with van der Waals surface area (Å²) in [5.74, 6) is 0.583. The third-order valence-electron chi connectivity index (χ3n) is 3.76. The zero-order valence-electron chi connectivity index (χ0n) is 15.2. The van der Waals surface area contributed by atoms with Gasteiger partial charge in [-0.1, -0.05) is 0 Å². The Balaban J connectivity index is 2.69. The summed E-state index contributed by atoms with van der Waals surface area (Å²) >= 11 is 0. The van der Waals surface area contributed by atoms with E-state index in [0.717, 1.165) is 0 Å². The zero-order chi connectivity index (χ0) is 19.0. The molecule has 1 atom stereocenters. The van der Waals surface area contributed by atoms with Gasteiger partial charge in [-0.3, -0.25) is 4.79 Å². The number of rotatable bonds is 10. The van der Waals surface area contributed by atoms with E-state index in [2.05, 4.69) is 4.72 Å². The van der Waals surface area contributed by atoms with E-state index in [-0.39, 0.29) is 29.8 Å². The highest BCUT2D eigenvalue weighted by Crippen LogP contribution is 2.29. The number of ether oxygens (including phenoxy) is 3. The van der Waals surface area contributed by atoms with Crippen LogP contribution in [0.3, 0.4) is 0 Å². The largest absolute Gasteiger partial charge is 0.493 e. The number of carbonyl (C=O) groups is 1. The van der Waals surface area contributed by atoms with Gasteiger partial charge in [0.15, 0.2) is 11.5 Å². The molecule has 0 saturated heterocycles. The van der Waals surface area contributed by atoms with Crippen molar-refractivity contribution in [2.24, 2.45) is 0 Å². The molecule has 0 aliphatic rings. The summed E-state index contributed by atoms with van der Waals surface area (Å²) in [6.45, 7) is 2.27. The fourth-order valence-corrected chi connectivity index (χ4v) is 3.18. The SMILES string of the molecule is COCC(C)N(C)C(=O)CCNS(=O)(=O)c1ccc(OC)c(OC)c1. The lowest BCUT2D eigenvalue weighted by atomic mass is 10.3. The van der Waals surface area contributed by atoms with Gasteiger partial charge < -0.3 is 19.1 Å². The molecule has 0 heterocycles. The predicted molar refractivity (Wildman–Crippen MR) is 93.5 cm³/mol. The van der Waals surface area contributed by atoms with E-state index in [4.69, 9.17) is 14.2 Å². The molecule has 1 amide bonds. The highest BCUT2D eigenvalue weighted by molar-refractivity contribution is 7.89. The quantitative estimate of drug-likeness (QED) is 0.653. The molecule has 0 bridgehead atoms. The van der Waals surface area contributed by atoms with Gasteiger partial charge in [0, 0.05) is 33.2 Å². The molecule has 0 aliphatic carbocycles. The number of hydrogen-bond donors (Lipinski definition) is 1. The van der Waals surface area contributed by atoms with E-state index in [0.29, 0.717) is 18.1 Å². The highest BCUT2D eigenvalue weighted by Gasteiger charge is 2.19. The summed E-state index contributed by atoms with van der Waals surface area (Å²) in [6, 6.07) is 4.22. The monoisotopic (exact) mass is 374 g/mol. The summed E-state index contributed by atoms with van der Waals surface area (Å²) in [4.78, 5) is 13.6. The number of benzene rings is 1. The van der Waals surface area contributed by atoms with Crippen LogP contribution in [0.1, 0.15) is 13.3 Å². The van der Waals surface area contributed by atoms with Gasteiger partial charge in [-0.2, -0.15) is 0 Å². The average Bonchev–Trinajstić information content (AvgIpc) is 2.60. The number of hydrogen-bond acceptors (Lipinski definition) is 6. The molecule has 25 heavy (non-hydrogen) atoms. The van der Waals surface area contributed by atoms with E-state index in [1.165, 1.54) is 37.3 Å². The Morgan fingerprint density at radius 3 is 2.40 bits per heavy atom. The highest BCUT2D eigenvalue weighted by atomic mass is 32.2. The molecule has 0 radical (unpaired) electrons. The Kier molecular flexibility index (Phi) is 8.14. The van der Waals surface area contributed by atoms with Crippen LogP contribution < -0.4 is 14.2 Å². The van der Waals surface area contributed by atoms with Crippen molar-refractivity contribution in [3.63, 3.8) is 0 Å². The fraction of sp³-hybridized carbons (Fsp3) is 0.562. The van der Waals surface area contributed by atoms with Crippen molar-refractivity contribution in [3.8, 4) is 11.5 Å². The van der Waals surface area contributed by atoms with Crippen LogP contribution in [-0.4, -0.2) is 66.8 Å². The summed E-state index contributed by atoms with van der Waals surface area (Å²) in [5, 5.41) is 0. The van der Waals surface area contributed by atoms with Crippen LogP contribution in [0.2, 0.25) is 0 Å². The van der Waals surface area contributed by atoms with Gasteiger partial charge >= 0.3 is 0 Å². The van der Waals surface area contributed by atoms with E-state index in [9.17, 15) is 13.2 Å².